The highest BCUT2D eigenvalue weighted by atomic mass is 35.5. The summed E-state index contributed by atoms with van der Waals surface area (Å²) in [7, 11) is 0. The Bertz CT molecular complexity index is 521. The smallest absolute Gasteiger partial charge is 0.404 e. The second-order valence-electron chi connectivity index (χ2n) is 5.20. The average molecular weight is 302 g/mol. The number of amides is 1. The fourth-order valence-electron chi connectivity index (χ4n) is 2.19. The van der Waals surface area contributed by atoms with E-state index in [1.165, 1.54) is 6.07 Å². The third kappa shape index (κ3) is 3.54. The van der Waals surface area contributed by atoms with Crippen molar-refractivity contribution in [1.29, 1.82) is 0 Å². The molecule has 0 aromatic heterocycles. The van der Waals surface area contributed by atoms with Gasteiger partial charge < -0.3 is 15.2 Å². The van der Waals surface area contributed by atoms with Crippen LogP contribution >= 0.6 is 11.6 Å². The fourth-order valence-corrected chi connectivity index (χ4v) is 2.36. The van der Waals surface area contributed by atoms with Gasteiger partial charge in [0.25, 0.3) is 0 Å². The summed E-state index contributed by atoms with van der Waals surface area (Å²) in [6, 6.07) is 2.89. The second kappa shape index (κ2) is 5.87. The van der Waals surface area contributed by atoms with Gasteiger partial charge in [-0.2, -0.15) is 0 Å². The number of nitrogens with two attached hydrogens (primary N) is 1. The lowest BCUT2D eigenvalue weighted by molar-refractivity contribution is 0.150. The standard InChI is InChI=1S/C14H17ClFNO3/c1-7(2)20-13-5-12(16)11(15)4-10(13)9-3-8(9)6-19-14(17)18/h4-5,7-9H,3,6H2,1-2H3,(H2,17,18). The van der Waals surface area contributed by atoms with Gasteiger partial charge in [-0.3, -0.25) is 0 Å². The van der Waals surface area contributed by atoms with Gasteiger partial charge in [0, 0.05) is 12.0 Å². The topological polar surface area (TPSA) is 61.6 Å². The van der Waals surface area contributed by atoms with Crippen molar-refractivity contribution in [2.75, 3.05) is 6.61 Å². The van der Waals surface area contributed by atoms with Crippen LogP contribution < -0.4 is 10.5 Å². The first-order valence-electron chi connectivity index (χ1n) is 6.46. The lowest BCUT2D eigenvalue weighted by Crippen LogP contribution is -2.15. The molecule has 2 atom stereocenters. The molecule has 1 aromatic carbocycles. The molecule has 2 unspecified atom stereocenters. The molecule has 2 N–H and O–H groups in total. The molecule has 4 nitrogen and oxygen atoms in total. The molecule has 0 aliphatic heterocycles. The molecule has 110 valence electrons. The number of halogens is 2. The van der Waals surface area contributed by atoms with Crippen molar-refractivity contribution in [2.24, 2.45) is 11.7 Å². The summed E-state index contributed by atoms with van der Waals surface area (Å²) >= 11 is 5.83. The maximum absolute atomic E-state index is 13.5. The van der Waals surface area contributed by atoms with Crippen LogP contribution in [0.25, 0.3) is 0 Å². The number of carbonyl (C=O) groups excluding carboxylic acids is 1. The van der Waals surface area contributed by atoms with Gasteiger partial charge in [-0.1, -0.05) is 11.6 Å². The quantitative estimate of drug-likeness (QED) is 0.906. The molecule has 0 spiro atoms. The summed E-state index contributed by atoms with van der Waals surface area (Å²) in [5.74, 6) is 0.324. The zero-order valence-corrected chi connectivity index (χ0v) is 12.1. The maximum Gasteiger partial charge on any atom is 0.404 e. The molecule has 20 heavy (non-hydrogen) atoms. The lowest BCUT2D eigenvalue weighted by atomic mass is 10.1. The van der Waals surface area contributed by atoms with Gasteiger partial charge in [0.05, 0.1) is 17.7 Å². The monoisotopic (exact) mass is 301 g/mol. The molecule has 2 rings (SSSR count). The predicted molar refractivity (Wildman–Crippen MR) is 73.6 cm³/mol. The summed E-state index contributed by atoms with van der Waals surface area (Å²) in [6.45, 7) is 4.00. The first kappa shape index (κ1) is 14.9. The minimum atomic E-state index is -0.786. The average Bonchev–Trinajstić information content (AvgIpc) is 3.09. The van der Waals surface area contributed by atoms with Gasteiger partial charge in [-0.15, -0.1) is 0 Å². The van der Waals surface area contributed by atoms with Crippen LogP contribution in [0, 0.1) is 11.7 Å². The molecule has 0 heterocycles. The van der Waals surface area contributed by atoms with E-state index in [9.17, 15) is 9.18 Å². The highest BCUT2D eigenvalue weighted by Crippen LogP contribution is 2.51. The van der Waals surface area contributed by atoms with Crippen molar-refractivity contribution < 1.29 is 18.7 Å². The third-order valence-electron chi connectivity index (χ3n) is 3.18. The van der Waals surface area contributed by atoms with Gasteiger partial charge in [-0.25, -0.2) is 9.18 Å². The zero-order valence-electron chi connectivity index (χ0n) is 11.4. The Kier molecular flexibility index (Phi) is 4.38. The number of benzene rings is 1. The molecule has 1 aromatic rings. The van der Waals surface area contributed by atoms with E-state index in [1.807, 2.05) is 13.8 Å². The molecule has 1 amide bonds. The number of rotatable bonds is 5. The molecule has 1 fully saturated rings. The maximum atomic E-state index is 13.5. The SMILES string of the molecule is CC(C)Oc1cc(F)c(Cl)cc1C1CC1COC(N)=O. The van der Waals surface area contributed by atoms with Crippen LogP contribution in [-0.4, -0.2) is 18.8 Å². The number of ether oxygens (including phenoxy) is 2. The van der Waals surface area contributed by atoms with Crippen LogP contribution in [0.15, 0.2) is 12.1 Å². The Morgan fingerprint density at radius 3 is 2.85 bits per heavy atom. The van der Waals surface area contributed by atoms with Crippen molar-refractivity contribution in [3.63, 3.8) is 0 Å². The van der Waals surface area contributed by atoms with E-state index in [0.717, 1.165) is 12.0 Å². The second-order valence-corrected chi connectivity index (χ2v) is 5.61. The van der Waals surface area contributed by atoms with E-state index in [-0.39, 0.29) is 29.6 Å². The molecule has 0 radical (unpaired) electrons. The van der Waals surface area contributed by atoms with Crippen molar-refractivity contribution in [3.05, 3.63) is 28.5 Å². The number of hydrogen-bond donors (Lipinski definition) is 1. The molecule has 1 aliphatic rings. The zero-order chi connectivity index (χ0) is 14.9. The van der Waals surface area contributed by atoms with Crippen LogP contribution in [0.1, 0.15) is 31.7 Å². The van der Waals surface area contributed by atoms with E-state index < -0.39 is 11.9 Å². The van der Waals surface area contributed by atoms with Crippen LogP contribution in [0.5, 0.6) is 5.75 Å². The summed E-state index contributed by atoms with van der Waals surface area (Å²) in [4.78, 5) is 10.6. The van der Waals surface area contributed by atoms with Gasteiger partial charge >= 0.3 is 6.09 Å². The number of hydrogen-bond acceptors (Lipinski definition) is 3. The Labute approximate surface area is 122 Å². The van der Waals surface area contributed by atoms with E-state index in [2.05, 4.69) is 0 Å². The summed E-state index contributed by atoms with van der Waals surface area (Å²) in [5.41, 5.74) is 5.79. The molecule has 0 saturated heterocycles. The van der Waals surface area contributed by atoms with Crippen LogP contribution in [0.4, 0.5) is 9.18 Å². The Hall–Kier alpha value is -1.49. The Morgan fingerprint density at radius 2 is 2.25 bits per heavy atom. The minimum absolute atomic E-state index is 0.0617. The van der Waals surface area contributed by atoms with E-state index in [4.69, 9.17) is 26.8 Å². The van der Waals surface area contributed by atoms with E-state index >= 15 is 0 Å². The van der Waals surface area contributed by atoms with Crippen LogP contribution in [0.3, 0.4) is 0 Å². The van der Waals surface area contributed by atoms with E-state index in [1.54, 1.807) is 6.07 Å². The van der Waals surface area contributed by atoms with Crippen molar-refractivity contribution in [1.82, 2.24) is 0 Å². The largest absolute Gasteiger partial charge is 0.491 e. The number of primary amides is 1. The molecule has 1 aliphatic carbocycles. The highest BCUT2D eigenvalue weighted by Gasteiger charge is 2.41. The normalized spacial score (nSPS) is 20.9. The third-order valence-corrected chi connectivity index (χ3v) is 3.47. The summed E-state index contributed by atoms with van der Waals surface area (Å²) in [6.07, 6.45) is -0.0104. The summed E-state index contributed by atoms with van der Waals surface area (Å²) < 4.78 is 24.0. The predicted octanol–water partition coefficient (Wildman–Crippen LogP) is 3.47. The molecule has 0 bridgehead atoms. The fraction of sp³-hybridized carbons (Fsp3) is 0.500. The number of carbonyl (C=O) groups is 1. The van der Waals surface area contributed by atoms with Gasteiger partial charge in [0.2, 0.25) is 0 Å². The Balaban J connectivity index is 2.15. The molecule has 1 saturated carbocycles. The van der Waals surface area contributed by atoms with Gasteiger partial charge in [0.1, 0.15) is 11.6 Å². The molecular weight excluding hydrogens is 285 g/mol. The van der Waals surface area contributed by atoms with Gasteiger partial charge in [-0.05, 0) is 37.8 Å². The van der Waals surface area contributed by atoms with Crippen molar-refractivity contribution in [3.8, 4) is 5.75 Å². The van der Waals surface area contributed by atoms with Crippen molar-refractivity contribution in [2.45, 2.75) is 32.3 Å². The molecule has 6 heteroatoms. The molecular formula is C14H17ClFNO3. The van der Waals surface area contributed by atoms with Crippen molar-refractivity contribution >= 4 is 17.7 Å². The first-order valence-corrected chi connectivity index (χ1v) is 6.84. The Morgan fingerprint density at radius 1 is 1.55 bits per heavy atom. The van der Waals surface area contributed by atoms with Crippen LogP contribution in [-0.2, 0) is 4.74 Å². The highest BCUT2D eigenvalue weighted by molar-refractivity contribution is 6.30. The lowest BCUT2D eigenvalue weighted by Gasteiger charge is -2.15. The van der Waals surface area contributed by atoms with Crippen LogP contribution in [0.2, 0.25) is 5.02 Å². The van der Waals surface area contributed by atoms with Gasteiger partial charge in [0.15, 0.2) is 0 Å². The first-order chi connectivity index (χ1) is 9.38. The van der Waals surface area contributed by atoms with E-state index in [0.29, 0.717) is 5.75 Å². The summed E-state index contributed by atoms with van der Waals surface area (Å²) in [5, 5.41) is 0.0672. The minimum Gasteiger partial charge on any atom is -0.491 e.